The van der Waals surface area contributed by atoms with Gasteiger partial charge in [0.2, 0.25) is 5.91 Å². The molecule has 0 aromatic heterocycles. The van der Waals surface area contributed by atoms with E-state index >= 15 is 0 Å². The normalized spacial score (nSPS) is 11.5. The smallest absolute Gasteiger partial charge is 0.255 e. The Morgan fingerprint density at radius 1 is 0.735 bits per heavy atom. The van der Waals surface area contributed by atoms with Gasteiger partial charge in [-0.15, -0.1) is 11.8 Å². The highest BCUT2D eigenvalue weighted by atomic mass is 32.2. The van der Waals surface area contributed by atoms with E-state index in [0.717, 1.165) is 27.3 Å². The van der Waals surface area contributed by atoms with Crippen molar-refractivity contribution in [2.45, 2.75) is 24.0 Å². The lowest BCUT2D eigenvalue weighted by Crippen LogP contribution is -2.19. The van der Waals surface area contributed by atoms with Crippen LogP contribution in [0, 0.1) is 13.8 Å². The number of benzene rings is 4. The molecule has 170 valence electrons. The average molecular weight is 467 g/mol. The van der Waals surface area contributed by atoms with Gasteiger partial charge >= 0.3 is 0 Å². The molecular weight excluding hydrogens is 440 g/mol. The van der Waals surface area contributed by atoms with Gasteiger partial charge in [0.15, 0.2) is 0 Å². The second kappa shape index (κ2) is 10.9. The minimum atomic E-state index is -0.455. The molecule has 2 N–H and O–H groups in total. The fourth-order valence-electron chi connectivity index (χ4n) is 3.59. The molecule has 4 aromatic rings. The van der Waals surface area contributed by atoms with E-state index in [0.29, 0.717) is 11.3 Å². The lowest BCUT2D eigenvalue weighted by Gasteiger charge is -2.18. The fourth-order valence-corrected chi connectivity index (χ4v) is 4.67. The summed E-state index contributed by atoms with van der Waals surface area (Å²) in [5.74, 6) is -0.262. The average Bonchev–Trinajstić information content (AvgIpc) is 2.84. The molecule has 5 heteroatoms. The molecule has 0 bridgehead atoms. The van der Waals surface area contributed by atoms with Gasteiger partial charge in [-0.25, -0.2) is 0 Å². The van der Waals surface area contributed by atoms with Gasteiger partial charge in [0.05, 0.1) is 0 Å². The van der Waals surface area contributed by atoms with Crippen LogP contribution in [-0.4, -0.2) is 11.8 Å². The summed E-state index contributed by atoms with van der Waals surface area (Å²) >= 11 is 1.45. The van der Waals surface area contributed by atoms with Crippen molar-refractivity contribution in [3.63, 3.8) is 0 Å². The highest BCUT2D eigenvalue weighted by Crippen LogP contribution is 2.37. The van der Waals surface area contributed by atoms with Crippen molar-refractivity contribution >= 4 is 35.0 Å². The van der Waals surface area contributed by atoms with E-state index in [9.17, 15) is 9.59 Å². The molecule has 0 spiro atoms. The second-order valence-electron chi connectivity index (χ2n) is 8.06. The van der Waals surface area contributed by atoms with Crippen LogP contribution in [0.1, 0.15) is 32.3 Å². The summed E-state index contributed by atoms with van der Waals surface area (Å²) in [6.45, 7) is 3.93. The van der Waals surface area contributed by atoms with Crippen molar-refractivity contribution < 1.29 is 9.59 Å². The van der Waals surface area contributed by atoms with E-state index in [1.165, 1.54) is 11.8 Å². The van der Waals surface area contributed by atoms with Crippen molar-refractivity contribution in [3.8, 4) is 0 Å². The highest BCUT2D eigenvalue weighted by molar-refractivity contribution is 8.00. The Kier molecular flexibility index (Phi) is 7.45. The molecule has 4 nitrogen and oxygen atoms in total. The molecule has 0 heterocycles. The molecule has 2 amide bonds. The number of thioether (sulfide) groups is 1. The number of hydrogen-bond acceptors (Lipinski definition) is 3. The van der Waals surface area contributed by atoms with Gasteiger partial charge in [-0.1, -0.05) is 72.3 Å². The standard InChI is InChI=1S/C29H26N2O2S/c1-20-10-8-14-23(18-20)28(32)30-24-15-9-16-25(19-24)34-27(22-12-4-3-5-13-22)29(33)31-26-17-7-6-11-21(26)2/h3-19,27H,1-2H3,(H,30,32)(H,31,33). The number of anilines is 2. The summed E-state index contributed by atoms with van der Waals surface area (Å²) < 4.78 is 0. The number of carbonyl (C=O) groups excluding carboxylic acids is 2. The molecule has 4 rings (SSSR count). The zero-order valence-electron chi connectivity index (χ0n) is 19.1. The number of carbonyl (C=O) groups is 2. The molecule has 0 radical (unpaired) electrons. The maximum absolute atomic E-state index is 13.3. The highest BCUT2D eigenvalue weighted by Gasteiger charge is 2.23. The molecule has 34 heavy (non-hydrogen) atoms. The molecule has 0 saturated heterocycles. The van der Waals surface area contributed by atoms with Crippen LogP contribution in [0.25, 0.3) is 0 Å². The predicted molar refractivity (Wildman–Crippen MR) is 140 cm³/mol. The van der Waals surface area contributed by atoms with Crippen LogP contribution in [0.5, 0.6) is 0 Å². The van der Waals surface area contributed by atoms with Crippen molar-refractivity contribution in [1.29, 1.82) is 0 Å². The Labute approximate surface area is 204 Å². The van der Waals surface area contributed by atoms with Crippen molar-refractivity contribution in [1.82, 2.24) is 0 Å². The Bertz CT molecular complexity index is 1300. The van der Waals surface area contributed by atoms with E-state index in [4.69, 9.17) is 0 Å². The van der Waals surface area contributed by atoms with E-state index in [-0.39, 0.29) is 11.8 Å². The van der Waals surface area contributed by atoms with E-state index in [1.54, 1.807) is 6.07 Å². The number of rotatable bonds is 7. The molecule has 0 fully saturated rings. The number of aryl methyl sites for hydroxylation is 2. The SMILES string of the molecule is Cc1cccc(C(=O)Nc2cccc(SC(C(=O)Nc3ccccc3C)c3ccccc3)c2)c1. The van der Waals surface area contributed by atoms with Crippen LogP contribution in [0.4, 0.5) is 11.4 Å². The molecule has 4 aromatic carbocycles. The summed E-state index contributed by atoms with van der Waals surface area (Å²) in [5.41, 5.74) is 5.04. The lowest BCUT2D eigenvalue weighted by atomic mass is 10.1. The van der Waals surface area contributed by atoms with E-state index < -0.39 is 5.25 Å². The Balaban J connectivity index is 1.55. The van der Waals surface area contributed by atoms with Gasteiger partial charge in [0, 0.05) is 21.8 Å². The first-order valence-electron chi connectivity index (χ1n) is 11.1. The first kappa shape index (κ1) is 23.3. The molecule has 0 aliphatic heterocycles. The van der Waals surface area contributed by atoms with Crippen LogP contribution >= 0.6 is 11.8 Å². The van der Waals surface area contributed by atoms with Crippen LogP contribution in [-0.2, 0) is 4.79 Å². The molecule has 0 aliphatic carbocycles. The van der Waals surface area contributed by atoms with E-state index in [1.807, 2.05) is 111 Å². The van der Waals surface area contributed by atoms with Gasteiger partial charge in [-0.05, 0) is 61.4 Å². The first-order valence-corrected chi connectivity index (χ1v) is 11.9. The largest absolute Gasteiger partial charge is 0.325 e. The molecule has 0 saturated carbocycles. The maximum Gasteiger partial charge on any atom is 0.255 e. The number of para-hydroxylation sites is 1. The van der Waals surface area contributed by atoms with Gasteiger partial charge in [-0.3, -0.25) is 9.59 Å². The van der Waals surface area contributed by atoms with Gasteiger partial charge in [0.1, 0.15) is 5.25 Å². The summed E-state index contributed by atoms with van der Waals surface area (Å²) in [6, 6.07) is 32.5. The third-order valence-electron chi connectivity index (χ3n) is 5.37. The summed E-state index contributed by atoms with van der Waals surface area (Å²) in [7, 11) is 0. The molecule has 0 aliphatic rings. The number of hydrogen-bond donors (Lipinski definition) is 2. The predicted octanol–water partition coefficient (Wildman–Crippen LogP) is 7.03. The number of amides is 2. The third kappa shape index (κ3) is 5.94. The number of nitrogens with one attached hydrogen (secondary N) is 2. The van der Waals surface area contributed by atoms with Crippen LogP contribution in [0.2, 0.25) is 0 Å². The summed E-state index contributed by atoms with van der Waals surface area (Å²) in [5, 5.41) is 5.58. The molecule has 1 atom stereocenters. The van der Waals surface area contributed by atoms with Crippen molar-refractivity contribution in [3.05, 3.63) is 125 Å². The minimum absolute atomic E-state index is 0.0975. The zero-order valence-corrected chi connectivity index (χ0v) is 19.9. The van der Waals surface area contributed by atoms with E-state index in [2.05, 4.69) is 10.6 Å². The maximum atomic E-state index is 13.3. The second-order valence-corrected chi connectivity index (χ2v) is 9.24. The Hall–Kier alpha value is -3.83. The van der Waals surface area contributed by atoms with Crippen LogP contribution in [0.3, 0.4) is 0 Å². The van der Waals surface area contributed by atoms with Crippen LogP contribution < -0.4 is 10.6 Å². The Morgan fingerprint density at radius 3 is 2.24 bits per heavy atom. The fraction of sp³-hybridized carbons (Fsp3) is 0.103. The molecular formula is C29H26N2O2S. The first-order chi connectivity index (χ1) is 16.5. The van der Waals surface area contributed by atoms with Crippen LogP contribution in [0.15, 0.2) is 108 Å². The van der Waals surface area contributed by atoms with Gasteiger partial charge in [0.25, 0.3) is 5.91 Å². The topological polar surface area (TPSA) is 58.2 Å². The third-order valence-corrected chi connectivity index (χ3v) is 6.62. The molecule has 1 unspecified atom stereocenters. The van der Waals surface area contributed by atoms with Gasteiger partial charge < -0.3 is 10.6 Å². The van der Waals surface area contributed by atoms with Crippen molar-refractivity contribution in [2.24, 2.45) is 0 Å². The quantitative estimate of drug-likeness (QED) is 0.288. The Morgan fingerprint density at radius 2 is 1.47 bits per heavy atom. The lowest BCUT2D eigenvalue weighted by molar-refractivity contribution is -0.115. The summed E-state index contributed by atoms with van der Waals surface area (Å²) in [6.07, 6.45) is 0. The minimum Gasteiger partial charge on any atom is -0.325 e. The van der Waals surface area contributed by atoms with Gasteiger partial charge in [-0.2, -0.15) is 0 Å². The van der Waals surface area contributed by atoms with Crippen molar-refractivity contribution in [2.75, 3.05) is 10.6 Å². The summed E-state index contributed by atoms with van der Waals surface area (Å²) in [4.78, 5) is 26.9. The monoisotopic (exact) mass is 466 g/mol. The zero-order chi connectivity index (χ0) is 23.9.